The zero-order valence-corrected chi connectivity index (χ0v) is 6.16. The standard InChI is InChI=1S/C6H12F2O/c1-5(2,3)6(7,8)9-4/h1-4H3. The van der Waals surface area contributed by atoms with Gasteiger partial charge in [0.15, 0.2) is 0 Å². The van der Waals surface area contributed by atoms with Crippen molar-refractivity contribution in [3.8, 4) is 0 Å². The van der Waals surface area contributed by atoms with Crippen molar-refractivity contribution in [1.29, 1.82) is 0 Å². The molecule has 0 amide bonds. The van der Waals surface area contributed by atoms with Crippen LogP contribution in [0.4, 0.5) is 8.78 Å². The molecule has 9 heavy (non-hydrogen) atoms. The molecule has 0 aromatic rings. The van der Waals surface area contributed by atoms with Gasteiger partial charge in [-0.1, -0.05) is 20.8 Å². The molecule has 0 aliphatic carbocycles. The monoisotopic (exact) mass is 138 g/mol. The number of halogens is 2. The number of hydrogen-bond acceptors (Lipinski definition) is 1. The first-order chi connectivity index (χ1) is 3.81. The van der Waals surface area contributed by atoms with E-state index < -0.39 is 11.5 Å². The Labute approximate surface area is 54.0 Å². The lowest BCUT2D eigenvalue weighted by Crippen LogP contribution is -2.35. The summed E-state index contributed by atoms with van der Waals surface area (Å²) in [5, 5.41) is 0. The van der Waals surface area contributed by atoms with E-state index in [1.807, 2.05) is 0 Å². The molecule has 0 bridgehead atoms. The molecule has 3 heteroatoms. The molecule has 0 atom stereocenters. The van der Waals surface area contributed by atoms with Crippen molar-refractivity contribution in [3.63, 3.8) is 0 Å². The first kappa shape index (κ1) is 8.82. The van der Waals surface area contributed by atoms with Gasteiger partial charge < -0.3 is 4.74 Å². The van der Waals surface area contributed by atoms with E-state index >= 15 is 0 Å². The molecule has 0 unspecified atom stereocenters. The smallest absolute Gasteiger partial charge is 0.323 e. The maximum atomic E-state index is 12.4. The van der Waals surface area contributed by atoms with Crippen molar-refractivity contribution in [1.82, 2.24) is 0 Å². The van der Waals surface area contributed by atoms with Gasteiger partial charge in [-0.2, -0.15) is 8.78 Å². The number of alkyl halides is 2. The highest BCUT2D eigenvalue weighted by Crippen LogP contribution is 2.35. The molecule has 0 saturated carbocycles. The lowest BCUT2D eigenvalue weighted by atomic mass is 9.95. The van der Waals surface area contributed by atoms with Gasteiger partial charge in [-0.3, -0.25) is 0 Å². The van der Waals surface area contributed by atoms with Gasteiger partial charge in [-0.15, -0.1) is 0 Å². The van der Waals surface area contributed by atoms with Crippen molar-refractivity contribution in [3.05, 3.63) is 0 Å². The van der Waals surface area contributed by atoms with Crippen molar-refractivity contribution in [2.45, 2.75) is 26.9 Å². The summed E-state index contributed by atoms with van der Waals surface area (Å²) in [5.41, 5.74) is -1.11. The fraction of sp³-hybridized carbons (Fsp3) is 1.00. The molecule has 0 spiro atoms. The van der Waals surface area contributed by atoms with Gasteiger partial charge in [-0.25, -0.2) is 0 Å². The summed E-state index contributed by atoms with van der Waals surface area (Å²) >= 11 is 0. The van der Waals surface area contributed by atoms with Crippen molar-refractivity contribution in [2.75, 3.05) is 7.11 Å². The van der Waals surface area contributed by atoms with Crippen LogP contribution >= 0.6 is 0 Å². The molecule has 0 aliphatic rings. The minimum atomic E-state index is -3.02. The number of ether oxygens (including phenoxy) is 1. The predicted octanol–water partition coefficient (Wildman–Crippen LogP) is 2.27. The summed E-state index contributed by atoms with van der Waals surface area (Å²) in [4.78, 5) is 0. The van der Waals surface area contributed by atoms with Gasteiger partial charge in [0.25, 0.3) is 0 Å². The number of methoxy groups -OCH3 is 1. The van der Waals surface area contributed by atoms with Gasteiger partial charge in [0.2, 0.25) is 0 Å². The predicted molar refractivity (Wildman–Crippen MR) is 31.4 cm³/mol. The van der Waals surface area contributed by atoms with Gasteiger partial charge in [-0.05, 0) is 0 Å². The molecule has 0 aromatic carbocycles. The molecule has 56 valence electrons. The lowest BCUT2D eigenvalue weighted by molar-refractivity contribution is -0.281. The summed E-state index contributed by atoms with van der Waals surface area (Å²) in [6, 6.07) is 0. The Balaban J connectivity index is 4.14. The Bertz CT molecular complexity index is 93.7. The molecule has 0 radical (unpaired) electrons. The van der Waals surface area contributed by atoms with Gasteiger partial charge in [0.05, 0.1) is 5.41 Å². The van der Waals surface area contributed by atoms with Crippen LogP contribution in [0.3, 0.4) is 0 Å². The van der Waals surface area contributed by atoms with Crippen LogP contribution in [0.2, 0.25) is 0 Å². The Morgan fingerprint density at radius 2 is 1.44 bits per heavy atom. The summed E-state index contributed by atoms with van der Waals surface area (Å²) in [7, 11) is 1.01. The maximum absolute atomic E-state index is 12.4. The van der Waals surface area contributed by atoms with E-state index in [0.29, 0.717) is 0 Å². The molecule has 0 rings (SSSR count). The van der Waals surface area contributed by atoms with Crippen LogP contribution in [-0.2, 0) is 4.74 Å². The first-order valence-electron chi connectivity index (χ1n) is 2.74. The Morgan fingerprint density at radius 1 is 1.11 bits per heavy atom. The van der Waals surface area contributed by atoms with Crippen LogP contribution in [0.5, 0.6) is 0 Å². The van der Waals surface area contributed by atoms with Crippen molar-refractivity contribution >= 4 is 0 Å². The molecule has 0 saturated heterocycles. The average Bonchev–Trinajstić information content (AvgIpc) is 1.64. The summed E-state index contributed by atoms with van der Waals surface area (Å²) in [6.45, 7) is 4.28. The SMILES string of the molecule is COC(F)(F)C(C)(C)C. The van der Waals surface area contributed by atoms with Crippen LogP contribution in [0.25, 0.3) is 0 Å². The van der Waals surface area contributed by atoms with Crippen molar-refractivity contribution < 1.29 is 13.5 Å². The average molecular weight is 138 g/mol. The zero-order chi connectivity index (χ0) is 7.71. The fourth-order valence-corrected chi connectivity index (χ4v) is 0.306. The van der Waals surface area contributed by atoms with E-state index in [4.69, 9.17) is 0 Å². The van der Waals surface area contributed by atoms with Crippen LogP contribution in [0.15, 0.2) is 0 Å². The van der Waals surface area contributed by atoms with E-state index in [-0.39, 0.29) is 0 Å². The quantitative estimate of drug-likeness (QED) is 0.540. The van der Waals surface area contributed by atoms with E-state index in [0.717, 1.165) is 7.11 Å². The molecule has 0 aliphatic heterocycles. The van der Waals surface area contributed by atoms with E-state index in [1.54, 1.807) is 0 Å². The number of rotatable bonds is 1. The third-order valence-electron chi connectivity index (χ3n) is 1.13. The van der Waals surface area contributed by atoms with Crippen LogP contribution in [0.1, 0.15) is 20.8 Å². The second-order valence-electron chi connectivity index (χ2n) is 2.97. The van der Waals surface area contributed by atoms with E-state index in [9.17, 15) is 8.78 Å². The highest BCUT2D eigenvalue weighted by molar-refractivity contribution is 4.71. The van der Waals surface area contributed by atoms with Crippen LogP contribution in [-0.4, -0.2) is 13.2 Å². The molecule has 1 nitrogen and oxygen atoms in total. The maximum Gasteiger partial charge on any atom is 0.360 e. The Hall–Kier alpha value is -0.180. The van der Waals surface area contributed by atoms with Gasteiger partial charge >= 0.3 is 6.11 Å². The molecular weight excluding hydrogens is 126 g/mol. The number of hydrogen-bond donors (Lipinski definition) is 0. The molecule has 0 heterocycles. The van der Waals surface area contributed by atoms with Gasteiger partial charge in [0.1, 0.15) is 0 Å². The Kier molecular flexibility index (Phi) is 2.17. The zero-order valence-electron chi connectivity index (χ0n) is 6.16. The highest BCUT2D eigenvalue weighted by atomic mass is 19.3. The minimum absolute atomic E-state index is 1.01. The molecular formula is C6H12F2O. The lowest BCUT2D eigenvalue weighted by Gasteiger charge is -2.27. The molecule has 0 aromatic heterocycles. The van der Waals surface area contributed by atoms with E-state index in [1.165, 1.54) is 20.8 Å². The van der Waals surface area contributed by atoms with Crippen LogP contribution in [0, 0.1) is 5.41 Å². The van der Waals surface area contributed by atoms with E-state index in [2.05, 4.69) is 4.74 Å². The minimum Gasteiger partial charge on any atom is -0.323 e. The Morgan fingerprint density at radius 3 is 1.44 bits per heavy atom. The molecule has 0 N–H and O–H groups in total. The first-order valence-corrected chi connectivity index (χ1v) is 2.74. The van der Waals surface area contributed by atoms with Crippen molar-refractivity contribution in [2.24, 2.45) is 5.41 Å². The largest absolute Gasteiger partial charge is 0.360 e. The summed E-state index contributed by atoms with van der Waals surface area (Å²) in [6.07, 6.45) is -3.02. The topological polar surface area (TPSA) is 9.23 Å². The second kappa shape index (κ2) is 2.21. The third kappa shape index (κ3) is 1.90. The third-order valence-corrected chi connectivity index (χ3v) is 1.13. The van der Waals surface area contributed by atoms with Gasteiger partial charge in [0, 0.05) is 7.11 Å². The fourth-order valence-electron chi connectivity index (χ4n) is 0.306. The summed E-state index contributed by atoms with van der Waals surface area (Å²) in [5.74, 6) is 0. The molecule has 0 fully saturated rings. The summed E-state index contributed by atoms with van der Waals surface area (Å²) < 4.78 is 28.8. The normalized spacial score (nSPS) is 14.0. The highest BCUT2D eigenvalue weighted by Gasteiger charge is 2.43. The van der Waals surface area contributed by atoms with Crippen LogP contribution < -0.4 is 0 Å². The second-order valence-corrected chi connectivity index (χ2v) is 2.97.